The third-order valence-electron chi connectivity index (χ3n) is 6.56. The molecule has 1 fully saturated rings. The van der Waals surface area contributed by atoms with Crippen molar-refractivity contribution >= 4 is 15.9 Å². The fraction of sp³-hybridized carbons (Fsp3) is 0.321. The highest BCUT2D eigenvalue weighted by atomic mass is 32.2. The van der Waals surface area contributed by atoms with E-state index in [-0.39, 0.29) is 16.8 Å². The van der Waals surface area contributed by atoms with Crippen LogP contribution in [0.3, 0.4) is 0 Å². The molecule has 1 N–H and O–H groups in total. The zero-order chi connectivity index (χ0) is 24.1. The lowest BCUT2D eigenvalue weighted by atomic mass is 9.94. The highest BCUT2D eigenvalue weighted by molar-refractivity contribution is 7.89. The number of nitrogens with zero attached hydrogens (tertiary/aromatic N) is 1. The molecule has 4 rings (SSSR count). The van der Waals surface area contributed by atoms with Crippen LogP contribution in [0.5, 0.6) is 0 Å². The smallest absolute Gasteiger partial charge is 0.252 e. The van der Waals surface area contributed by atoms with Gasteiger partial charge in [-0.1, -0.05) is 73.5 Å². The van der Waals surface area contributed by atoms with E-state index in [1.54, 1.807) is 16.4 Å². The minimum absolute atomic E-state index is 0.178. The summed E-state index contributed by atoms with van der Waals surface area (Å²) in [5.74, 6) is -0.289. The summed E-state index contributed by atoms with van der Waals surface area (Å²) in [6.45, 7) is 4.92. The monoisotopic (exact) mass is 476 g/mol. The standard InChI is InChI=1S/C28H32N2O3S/c1-21-12-8-9-15-25(21)27(23-13-6-5-7-14-23)29-28(31)26-20-24(17-16-22(26)2)34(32,33)30-18-10-3-4-11-19-30/h5-9,12-17,20,27H,3-4,10-11,18-19H2,1-2H3,(H,29,31)/t27-/m1/s1. The van der Waals surface area contributed by atoms with Crippen molar-refractivity contribution in [3.05, 3.63) is 101 Å². The van der Waals surface area contributed by atoms with E-state index in [0.717, 1.165) is 47.9 Å². The van der Waals surface area contributed by atoms with Crippen LogP contribution in [0.4, 0.5) is 0 Å². The van der Waals surface area contributed by atoms with Gasteiger partial charge >= 0.3 is 0 Å². The molecular weight excluding hydrogens is 444 g/mol. The van der Waals surface area contributed by atoms with Crippen LogP contribution in [-0.4, -0.2) is 31.7 Å². The molecule has 0 aromatic heterocycles. The largest absolute Gasteiger partial charge is 0.341 e. The zero-order valence-electron chi connectivity index (χ0n) is 19.8. The third-order valence-corrected chi connectivity index (χ3v) is 8.46. The Hall–Kier alpha value is -2.96. The van der Waals surface area contributed by atoms with Crippen LogP contribution in [0.2, 0.25) is 0 Å². The molecule has 1 atom stereocenters. The number of carbonyl (C=O) groups is 1. The van der Waals surface area contributed by atoms with Gasteiger partial charge in [-0.2, -0.15) is 4.31 Å². The number of benzene rings is 3. The molecule has 3 aromatic rings. The quantitative estimate of drug-likeness (QED) is 0.519. The van der Waals surface area contributed by atoms with Crippen LogP contribution in [0, 0.1) is 13.8 Å². The molecule has 6 heteroatoms. The van der Waals surface area contributed by atoms with Gasteiger partial charge in [0.1, 0.15) is 0 Å². The van der Waals surface area contributed by atoms with Crippen LogP contribution >= 0.6 is 0 Å². The Kier molecular flexibility index (Phi) is 7.49. The van der Waals surface area contributed by atoms with Crippen LogP contribution in [0.25, 0.3) is 0 Å². The summed E-state index contributed by atoms with van der Waals surface area (Å²) in [7, 11) is -3.64. The van der Waals surface area contributed by atoms with Crippen molar-refractivity contribution < 1.29 is 13.2 Å². The summed E-state index contributed by atoms with van der Waals surface area (Å²) in [4.78, 5) is 13.7. The van der Waals surface area contributed by atoms with Crippen molar-refractivity contribution in [1.29, 1.82) is 0 Å². The van der Waals surface area contributed by atoms with Crippen molar-refractivity contribution in [2.75, 3.05) is 13.1 Å². The average molecular weight is 477 g/mol. The van der Waals surface area contributed by atoms with Crippen LogP contribution in [-0.2, 0) is 10.0 Å². The molecule has 0 bridgehead atoms. The van der Waals surface area contributed by atoms with Crippen molar-refractivity contribution in [2.45, 2.75) is 50.5 Å². The van der Waals surface area contributed by atoms with Crippen LogP contribution in [0.1, 0.15) is 64.3 Å². The van der Waals surface area contributed by atoms with Crippen molar-refractivity contribution in [3.8, 4) is 0 Å². The van der Waals surface area contributed by atoms with Crippen molar-refractivity contribution in [2.24, 2.45) is 0 Å². The van der Waals surface area contributed by atoms with Gasteiger partial charge in [-0.25, -0.2) is 8.42 Å². The van der Waals surface area contributed by atoms with Gasteiger partial charge in [-0.05, 0) is 61.1 Å². The van der Waals surface area contributed by atoms with Crippen LogP contribution in [0.15, 0.2) is 77.7 Å². The number of nitrogens with one attached hydrogen (secondary N) is 1. The Balaban J connectivity index is 1.67. The van der Waals surface area contributed by atoms with Gasteiger partial charge in [0.05, 0.1) is 10.9 Å². The van der Waals surface area contributed by atoms with E-state index in [1.807, 2.05) is 68.4 Å². The SMILES string of the molecule is Cc1ccc(S(=O)(=O)N2CCCCCC2)cc1C(=O)N[C@H](c1ccccc1)c1ccccc1C. The Morgan fingerprint density at radius 2 is 1.47 bits per heavy atom. The number of aryl methyl sites for hydroxylation is 2. The summed E-state index contributed by atoms with van der Waals surface area (Å²) in [5, 5.41) is 3.17. The molecule has 178 valence electrons. The second-order valence-corrected chi connectivity index (χ2v) is 10.9. The normalized spacial score (nSPS) is 15.9. The third kappa shape index (κ3) is 5.24. The Morgan fingerprint density at radius 1 is 0.824 bits per heavy atom. The predicted octanol–water partition coefficient (Wildman–Crippen LogP) is 5.39. The first-order chi connectivity index (χ1) is 16.4. The number of rotatable bonds is 6. The van der Waals surface area contributed by atoms with E-state index in [2.05, 4.69) is 5.32 Å². The molecule has 1 aliphatic heterocycles. The number of sulfonamides is 1. The Morgan fingerprint density at radius 3 is 2.15 bits per heavy atom. The highest BCUT2D eigenvalue weighted by Crippen LogP contribution is 2.27. The predicted molar refractivity (Wildman–Crippen MR) is 135 cm³/mol. The molecule has 0 saturated carbocycles. The molecule has 0 aliphatic carbocycles. The summed E-state index contributed by atoms with van der Waals surface area (Å²) < 4.78 is 28.2. The van der Waals surface area contributed by atoms with E-state index in [1.165, 1.54) is 6.07 Å². The zero-order valence-corrected chi connectivity index (χ0v) is 20.6. The van der Waals surface area contributed by atoms with Gasteiger partial charge in [0.15, 0.2) is 0 Å². The topological polar surface area (TPSA) is 66.5 Å². The fourth-order valence-electron chi connectivity index (χ4n) is 4.54. The molecule has 1 saturated heterocycles. The van der Waals surface area contributed by atoms with Crippen molar-refractivity contribution in [1.82, 2.24) is 9.62 Å². The highest BCUT2D eigenvalue weighted by Gasteiger charge is 2.27. The van der Waals surface area contributed by atoms with Gasteiger partial charge in [0.25, 0.3) is 5.91 Å². The lowest BCUT2D eigenvalue weighted by Gasteiger charge is -2.23. The van der Waals surface area contributed by atoms with E-state index < -0.39 is 10.0 Å². The van der Waals surface area contributed by atoms with E-state index in [9.17, 15) is 13.2 Å². The first-order valence-corrected chi connectivity index (χ1v) is 13.3. The van der Waals surface area contributed by atoms with Gasteiger partial charge in [-0.3, -0.25) is 4.79 Å². The second-order valence-electron chi connectivity index (χ2n) is 8.97. The Labute approximate surface area is 202 Å². The maximum absolute atomic E-state index is 13.5. The molecule has 1 heterocycles. The maximum atomic E-state index is 13.5. The van der Waals surface area contributed by atoms with Gasteiger partial charge in [0, 0.05) is 18.7 Å². The van der Waals surface area contributed by atoms with E-state index in [4.69, 9.17) is 0 Å². The van der Waals surface area contributed by atoms with Gasteiger partial charge < -0.3 is 5.32 Å². The fourth-order valence-corrected chi connectivity index (χ4v) is 6.09. The number of hydrogen-bond donors (Lipinski definition) is 1. The average Bonchev–Trinajstić information content (AvgIpc) is 3.14. The molecule has 1 amide bonds. The molecule has 0 spiro atoms. The van der Waals surface area contributed by atoms with Gasteiger partial charge in [-0.15, -0.1) is 0 Å². The summed E-state index contributed by atoms with van der Waals surface area (Å²) >= 11 is 0. The summed E-state index contributed by atoms with van der Waals surface area (Å²) in [6.07, 6.45) is 3.84. The molecule has 3 aromatic carbocycles. The molecule has 0 radical (unpaired) electrons. The lowest BCUT2D eigenvalue weighted by Crippen LogP contribution is -2.33. The maximum Gasteiger partial charge on any atom is 0.252 e. The van der Waals surface area contributed by atoms with E-state index >= 15 is 0 Å². The molecular formula is C28H32N2O3S. The number of amides is 1. The molecule has 34 heavy (non-hydrogen) atoms. The van der Waals surface area contributed by atoms with Crippen molar-refractivity contribution in [3.63, 3.8) is 0 Å². The van der Waals surface area contributed by atoms with Gasteiger partial charge in [0.2, 0.25) is 10.0 Å². The molecule has 0 unspecified atom stereocenters. The Bertz CT molecular complexity index is 1250. The first-order valence-electron chi connectivity index (χ1n) is 11.9. The first kappa shape index (κ1) is 24.2. The summed E-state index contributed by atoms with van der Waals surface area (Å²) in [6, 6.07) is 22.3. The lowest BCUT2D eigenvalue weighted by molar-refractivity contribution is 0.0942. The van der Waals surface area contributed by atoms with Crippen LogP contribution < -0.4 is 5.32 Å². The summed E-state index contributed by atoms with van der Waals surface area (Å²) in [5.41, 5.74) is 4.17. The number of carbonyl (C=O) groups excluding carboxylic acids is 1. The molecule has 1 aliphatic rings. The molecule has 5 nitrogen and oxygen atoms in total. The minimum Gasteiger partial charge on any atom is -0.341 e. The minimum atomic E-state index is -3.64. The number of hydrogen-bond acceptors (Lipinski definition) is 3. The van der Waals surface area contributed by atoms with E-state index in [0.29, 0.717) is 18.7 Å². The second kappa shape index (κ2) is 10.5.